The van der Waals surface area contributed by atoms with Gasteiger partial charge in [0.2, 0.25) is 0 Å². The maximum atomic E-state index is 11.6. The molecule has 0 saturated carbocycles. The summed E-state index contributed by atoms with van der Waals surface area (Å²) in [4.78, 5) is 29.0. The van der Waals surface area contributed by atoms with Gasteiger partial charge in [-0.1, -0.05) is 0 Å². The molecule has 0 saturated heterocycles. The molecule has 6 nitrogen and oxygen atoms in total. The number of aliphatic carboxylic acids is 1. The van der Waals surface area contributed by atoms with E-state index in [9.17, 15) is 9.59 Å². The fourth-order valence-electron chi connectivity index (χ4n) is 1.42. The normalized spacial score (nSPS) is 10.3. The molecule has 0 radical (unpaired) electrons. The summed E-state index contributed by atoms with van der Waals surface area (Å²) in [6.45, 7) is 4.70. The summed E-state index contributed by atoms with van der Waals surface area (Å²) >= 11 is 1.63. The van der Waals surface area contributed by atoms with E-state index in [0.29, 0.717) is 13.0 Å². The molecule has 7 heteroatoms. The van der Waals surface area contributed by atoms with Crippen LogP contribution in [0.1, 0.15) is 22.0 Å². The second kappa shape index (κ2) is 7.08. The second-order valence-electron chi connectivity index (χ2n) is 4.30. The summed E-state index contributed by atoms with van der Waals surface area (Å²) in [5.41, 5.74) is 1.03. The van der Waals surface area contributed by atoms with Crippen molar-refractivity contribution >= 4 is 23.3 Å². The molecule has 106 valence electrons. The van der Waals surface area contributed by atoms with Gasteiger partial charge >= 0.3 is 12.0 Å². The van der Waals surface area contributed by atoms with Crippen molar-refractivity contribution in [2.24, 2.45) is 0 Å². The zero-order valence-electron chi connectivity index (χ0n) is 11.4. The third-order valence-corrected chi connectivity index (χ3v) is 3.83. The largest absolute Gasteiger partial charge is 0.481 e. The summed E-state index contributed by atoms with van der Waals surface area (Å²) in [6, 6.07) is -0.258. The molecule has 0 spiro atoms. The quantitative estimate of drug-likeness (QED) is 0.828. The van der Waals surface area contributed by atoms with Gasteiger partial charge in [0.05, 0.1) is 17.1 Å². The number of carboxylic acids is 1. The summed E-state index contributed by atoms with van der Waals surface area (Å²) in [7, 11) is 1.58. The lowest BCUT2D eigenvalue weighted by molar-refractivity contribution is -0.137. The van der Waals surface area contributed by atoms with Crippen molar-refractivity contribution in [3.8, 4) is 0 Å². The van der Waals surface area contributed by atoms with Crippen LogP contribution in [0, 0.1) is 13.8 Å². The maximum absolute atomic E-state index is 11.6. The number of aromatic nitrogens is 1. The number of thiazole rings is 1. The predicted octanol–water partition coefficient (Wildman–Crippen LogP) is 1.42. The Labute approximate surface area is 116 Å². The molecule has 1 aromatic rings. The molecule has 0 bridgehead atoms. The van der Waals surface area contributed by atoms with Gasteiger partial charge in [-0.25, -0.2) is 9.78 Å². The summed E-state index contributed by atoms with van der Waals surface area (Å²) < 4.78 is 0. The second-order valence-corrected chi connectivity index (χ2v) is 5.58. The Balaban J connectivity index is 2.28. The number of nitrogens with zero attached hydrogens (tertiary/aromatic N) is 2. The van der Waals surface area contributed by atoms with Crippen LogP contribution in [-0.4, -0.2) is 47.1 Å². The van der Waals surface area contributed by atoms with Crippen LogP contribution in [0.15, 0.2) is 0 Å². The first-order valence-electron chi connectivity index (χ1n) is 6.04. The number of nitrogens with one attached hydrogen (secondary N) is 1. The van der Waals surface area contributed by atoms with Crippen LogP contribution in [0.2, 0.25) is 0 Å². The van der Waals surface area contributed by atoms with Crippen molar-refractivity contribution in [1.82, 2.24) is 15.2 Å². The number of carbonyl (C=O) groups excluding carboxylic acids is 1. The summed E-state index contributed by atoms with van der Waals surface area (Å²) in [5.74, 6) is -0.909. The molecule has 1 aromatic heterocycles. The van der Waals surface area contributed by atoms with E-state index in [1.165, 1.54) is 9.78 Å². The van der Waals surface area contributed by atoms with Crippen molar-refractivity contribution in [3.05, 3.63) is 15.6 Å². The highest BCUT2D eigenvalue weighted by Gasteiger charge is 2.10. The Bertz CT molecular complexity index is 440. The molecule has 0 atom stereocenters. The van der Waals surface area contributed by atoms with Gasteiger partial charge in [0, 0.05) is 31.4 Å². The van der Waals surface area contributed by atoms with Gasteiger partial charge in [-0.2, -0.15) is 0 Å². The van der Waals surface area contributed by atoms with Gasteiger partial charge in [0.1, 0.15) is 0 Å². The van der Waals surface area contributed by atoms with Crippen LogP contribution in [0.25, 0.3) is 0 Å². The van der Waals surface area contributed by atoms with E-state index in [2.05, 4.69) is 10.3 Å². The van der Waals surface area contributed by atoms with Gasteiger partial charge in [-0.05, 0) is 13.8 Å². The Hall–Kier alpha value is -1.63. The van der Waals surface area contributed by atoms with E-state index in [4.69, 9.17) is 5.11 Å². The fraction of sp³-hybridized carbons (Fsp3) is 0.583. The third-order valence-electron chi connectivity index (χ3n) is 2.70. The molecule has 2 N–H and O–H groups in total. The molecule has 1 rings (SSSR count). The number of hydrogen-bond donors (Lipinski definition) is 2. The first-order valence-corrected chi connectivity index (χ1v) is 6.85. The van der Waals surface area contributed by atoms with Crippen molar-refractivity contribution in [1.29, 1.82) is 0 Å². The molecular weight excluding hydrogens is 266 g/mol. The number of hydrogen-bond acceptors (Lipinski definition) is 4. The van der Waals surface area contributed by atoms with Crippen molar-refractivity contribution < 1.29 is 14.7 Å². The summed E-state index contributed by atoms with van der Waals surface area (Å²) in [5, 5.41) is 12.3. The van der Waals surface area contributed by atoms with Crippen LogP contribution in [0.5, 0.6) is 0 Å². The highest BCUT2D eigenvalue weighted by molar-refractivity contribution is 7.11. The lowest BCUT2D eigenvalue weighted by Gasteiger charge is -2.16. The molecule has 0 aliphatic carbocycles. The molecule has 0 aliphatic rings. The number of rotatable bonds is 6. The molecule has 0 aliphatic heterocycles. The maximum Gasteiger partial charge on any atom is 0.317 e. The van der Waals surface area contributed by atoms with E-state index in [1.807, 2.05) is 13.8 Å². The minimum atomic E-state index is -0.909. The molecule has 1 heterocycles. The fourth-order valence-corrected chi connectivity index (χ4v) is 2.36. The van der Waals surface area contributed by atoms with Crippen LogP contribution < -0.4 is 5.32 Å². The van der Waals surface area contributed by atoms with E-state index in [-0.39, 0.29) is 19.0 Å². The highest BCUT2D eigenvalue weighted by atomic mass is 32.1. The first kappa shape index (κ1) is 15.4. The van der Waals surface area contributed by atoms with E-state index >= 15 is 0 Å². The Morgan fingerprint density at radius 1 is 1.42 bits per heavy atom. The van der Waals surface area contributed by atoms with Crippen LogP contribution in [-0.2, 0) is 11.2 Å². The minimum absolute atomic E-state index is 0.0468. The van der Waals surface area contributed by atoms with Crippen LogP contribution >= 0.6 is 11.3 Å². The van der Waals surface area contributed by atoms with Crippen molar-refractivity contribution in [3.63, 3.8) is 0 Å². The number of aryl methyl sites for hydroxylation is 2. The predicted molar refractivity (Wildman–Crippen MR) is 73.6 cm³/mol. The first-order chi connectivity index (χ1) is 8.90. The molecule has 0 fully saturated rings. The van der Waals surface area contributed by atoms with Gasteiger partial charge in [-0.3, -0.25) is 4.79 Å². The molecular formula is C12H19N3O3S. The highest BCUT2D eigenvalue weighted by Crippen LogP contribution is 2.16. The number of urea groups is 1. The Morgan fingerprint density at radius 2 is 2.11 bits per heavy atom. The van der Waals surface area contributed by atoms with E-state index in [0.717, 1.165) is 10.7 Å². The number of carbonyl (C=O) groups is 2. The Morgan fingerprint density at radius 3 is 2.63 bits per heavy atom. The molecule has 19 heavy (non-hydrogen) atoms. The van der Waals surface area contributed by atoms with Crippen molar-refractivity contribution in [2.45, 2.75) is 26.7 Å². The number of carboxylic acid groups (broad SMARTS) is 1. The van der Waals surface area contributed by atoms with Gasteiger partial charge in [0.15, 0.2) is 0 Å². The Kier molecular flexibility index (Phi) is 5.75. The number of amides is 2. The smallest absolute Gasteiger partial charge is 0.317 e. The zero-order valence-corrected chi connectivity index (χ0v) is 12.2. The summed E-state index contributed by atoms with van der Waals surface area (Å²) in [6.07, 6.45) is 0.645. The standard InChI is InChI=1S/C12H19N3O3S/c1-8-9(2)19-10(14-8)4-6-13-12(18)15(3)7-5-11(16)17/h4-7H2,1-3H3,(H,13,18)(H,16,17). The zero-order chi connectivity index (χ0) is 14.4. The minimum Gasteiger partial charge on any atom is -0.481 e. The third kappa shape index (κ3) is 5.25. The van der Waals surface area contributed by atoms with Gasteiger partial charge in [0.25, 0.3) is 0 Å². The monoisotopic (exact) mass is 285 g/mol. The van der Waals surface area contributed by atoms with Gasteiger partial charge in [-0.15, -0.1) is 11.3 Å². The lowest BCUT2D eigenvalue weighted by atomic mass is 10.4. The van der Waals surface area contributed by atoms with Gasteiger partial charge < -0.3 is 15.3 Å². The topological polar surface area (TPSA) is 82.5 Å². The van der Waals surface area contributed by atoms with E-state index in [1.54, 1.807) is 18.4 Å². The SMILES string of the molecule is Cc1nc(CCNC(=O)N(C)CCC(=O)O)sc1C. The molecule has 0 unspecified atom stereocenters. The van der Waals surface area contributed by atoms with E-state index < -0.39 is 5.97 Å². The average Bonchev–Trinajstić information content (AvgIpc) is 2.65. The van der Waals surface area contributed by atoms with Crippen molar-refractivity contribution in [2.75, 3.05) is 20.1 Å². The molecule has 2 amide bonds. The lowest BCUT2D eigenvalue weighted by Crippen LogP contribution is -2.39. The van der Waals surface area contributed by atoms with Crippen LogP contribution in [0.4, 0.5) is 4.79 Å². The average molecular weight is 285 g/mol. The van der Waals surface area contributed by atoms with Crippen LogP contribution in [0.3, 0.4) is 0 Å². The molecule has 0 aromatic carbocycles.